The Hall–Kier alpha value is -3.63. The predicted octanol–water partition coefficient (Wildman–Crippen LogP) is 4.77. The van der Waals surface area contributed by atoms with Crippen molar-refractivity contribution >= 4 is 28.9 Å². The number of nitrogens with zero attached hydrogens (tertiary/aromatic N) is 1. The van der Waals surface area contributed by atoms with Gasteiger partial charge in [0, 0.05) is 23.9 Å². The van der Waals surface area contributed by atoms with Crippen molar-refractivity contribution in [3.8, 4) is 5.75 Å². The lowest BCUT2D eigenvalue weighted by Crippen LogP contribution is -2.20. The summed E-state index contributed by atoms with van der Waals surface area (Å²) < 4.78 is 41.5. The lowest BCUT2D eigenvalue weighted by Gasteiger charge is -2.11. The molecule has 2 aromatic rings. The van der Waals surface area contributed by atoms with Gasteiger partial charge in [-0.25, -0.2) is 0 Å². The van der Waals surface area contributed by atoms with Crippen LogP contribution in [-0.2, 0) is 4.79 Å². The summed E-state index contributed by atoms with van der Waals surface area (Å²) >= 11 is 0. The number of anilines is 2. The minimum absolute atomic E-state index is 0.168. The third-order valence-electron chi connectivity index (χ3n) is 3.83. The maximum atomic E-state index is 12.5. The number of nitrogens with one attached hydrogen (secondary N) is 2. The molecule has 0 spiro atoms. The lowest BCUT2D eigenvalue weighted by atomic mass is 10.1. The van der Waals surface area contributed by atoms with E-state index in [2.05, 4.69) is 15.4 Å². The maximum Gasteiger partial charge on any atom is 0.422 e. The van der Waals surface area contributed by atoms with E-state index in [9.17, 15) is 32.9 Å². The predicted molar refractivity (Wildman–Crippen MR) is 107 cm³/mol. The Morgan fingerprint density at radius 3 is 2.16 bits per heavy atom. The number of carbonyl (C=O) groups excluding carboxylic acids is 2. The molecule has 2 rings (SSSR count). The van der Waals surface area contributed by atoms with Gasteiger partial charge in [-0.15, -0.1) is 0 Å². The highest BCUT2D eigenvalue weighted by Gasteiger charge is 2.29. The van der Waals surface area contributed by atoms with E-state index in [1.54, 1.807) is 0 Å². The molecule has 0 heterocycles. The molecule has 0 bridgehead atoms. The monoisotopic (exact) mass is 439 g/mol. The molecule has 0 saturated carbocycles. The third-order valence-corrected chi connectivity index (χ3v) is 3.83. The standard InChI is InChI=1S/C20H20F3N3O5/c1-12(2)9-18(27)24-13-3-5-14(6-4-13)25-19(28)16-10-15(31-11-20(21,22)23)7-8-17(16)26(29)30/h3-8,10,12H,9,11H2,1-2H3,(H,24,27)(H,25,28). The number of alkyl halides is 3. The number of nitro benzene ring substituents is 1. The SMILES string of the molecule is CC(C)CC(=O)Nc1ccc(NC(=O)c2cc(OCC(F)(F)F)ccc2[N+](=O)[O-])cc1. The Labute approximate surface area is 175 Å². The van der Waals surface area contributed by atoms with Crippen LogP contribution in [0.1, 0.15) is 30.6 Å². The van der Waals surface area contributed by atoms with Gasteiger partial charge in [0.05, 0.1) is 4.92 Å². The van der Waals surface area contributed by atoms with E-state index < -0.39 is 34.9 Å². The van der Waals surface area contributed by atoms with Crippen LogP contribution in [0.4, 0.5) is 30.2 Å². The summed E-state index contributed by atoms with van der Waals surface area (Å²) in [4.78, 5) is 34.7. The molecule has 0 aliphatic carbocycles. The number of ether oxygens (including phenoxy) is 1. The molecule has 0 saturated heterocycles. The fraction of sp³-hybridized carbons (Fsp3) is 0.300. The third kappa shape index (κ3) is 7.61. The molecular weight excluding hydrogens is 419 g/mol. The van der Waals surface area contributed by atoms with Crippen molar-refractivity contribution < 1.29 is 32.4 Å². The molecule has 0 unspecified atom stereocenters. The molecule has 0 radical (unpaired) electrons. The quantitative estimate of drug-likeness (QED) is 0.455. The largest absolute Gasteiger partial charge is 0.484 e. The van der Waals surface area contributed by atoms with Crippen molar-refractivity contribution in [2.75, 3.05) is 17.2 Å². The van der Waals surface area contributed by atoms with Gasteiger partial charge in [0.15, 0.2) is 6.61 Å². The maximum absolute atomic E-state index is 12.5. The van der Waals surface area contributed by atoms with Crippen molar-refractivity contribution in [1.82, 2.24) is 0 Å². The molecule has 0 aliphatic rings. The fourth-order valence-corrected chi connectivity index (χ4v) is 2.53. The van der Waals surface area contributed by atoms with Gasteiger partial charge in [-0.1, -0.05) is 13.8 Å². The van der Waals surface area contributed by atoms with Crippen LogP contribution >= 0.6 is 0 Å². The second kappa shape index (κ2) is 9.92. The summed E-state index contributed by atoms with van der Waals surface area (Å²) in [5.74, 6) is -1.22. The molecule has 2 amide bonds. The van der Waals surface area contributed by atoms with Crippen molar-refractivity contribution in [2.45, 2.75) is 26.4 Å². The van der Waals surface area contributed by atoms with E-state index in [1.165, 1.54) is 24.3 Å². The van der Waals surface area contributed by atoms with Crippen molar-refractivity contribution in [3.05, 3.63) is 58.1 Å². The van der Waals surface area contributed by atoms with Crippen LogP contribution in [0.5, 0.6) is 5.75 Å². The van der Waals surface area contributed by atoms with Crippen molar-refractivity contribution in [1.29, 1.82) is 0 Å². The van der Waals surface area contributed by atoms with E-state index >= 15 is 0 Å². The Kier molecular flexibility index (Phi) is 7.56. The van der Waals surface area contributed by atoms with Gasteiger partial charge in [-0.2, -0.15) is 13.2 Å². The molecule has 0 aromatic heterocycles. The first kappa shape index (κ1) is 23.6. The van der Waals surface area contributed by atoms with Crippen LogP contribution in [0.25, 0.3) is 0 Å². The Morgan fingerprint density at radius 1 is 1.06 bits per heavy atom. The first-order chi connectivity index (χ1) is 14.4. The average Bonchev–Trinajstić information content (AvgIpc) is 2.66. The van der Waals surface area contributed by atoms with E-state index in [1.807, 2.05) is 13.8 Å². The molecule has 11 heteroatoms. The molecule has 0 aliphatic heterocycles. The minimum atomic E-state index is -4.60. The highest BCUT2D eigenvalue weighted by Crippen LogP contribution is 2.27. The molecule has 2 N–H and O–H groups in total. The van der Waals surface area contributed by atoms with Gasteiger partial charge in [0.1, 0.15) is 11.3 Å². The van der Waals surface area contributed by atoms with Gasteiger partial charge >= 0.3 is 6.18 Å². The number of hydrogen-bond donors (Lipinski definition) is 2. The zero-order valence-electron chi connectivity index (χ0n) is 16.7. The van der Waals surface area contributed by atoms with E-state index in [4.69, 9.17) is 0 Å². The fourth-order valence-electron chi connectivity index (χ4n) is 2.53. The lowest BCUT2D eigenvalue weighted by molar-refractivity contribution is -0.385. The average molecular weight is 439 g/mol. The molecular formula is C20H20F3N3O5. The Bertz CT molecular complexity index is 960. The number of halogens is 3. The normalized spacial score (nSPS) is 11.2. The van der Waals surface area contributed by atoms with E-state index in [0.717, 1.165) is 18.2 Å². The molecule has 0 atom stereocenters. The zero-order chi connectivity index (χ0) is 23.2. The van der Waals surface area contributed by atoms with Gasteiger partial charge < -0.3 is 15.4 Å². The van der Waals surface area contributed by atoms with Gasteiger partial charge in [-0.3, -0.25) is 19.7 Å². The summed E-state index contributed by atoms with van der Waals surface area (Å²) in [5, 5.41) is 16.3. The van der Waals surface area contributed by atoms with Gasteiger partial charge in [0.25, 0.3) is 11.6 Å². The zero-order valence-corrected chi connectivity index (χ0v) is 16.7. The number of hydrogen-bond acceptors (Lipinski definition) is 5. The second-order valence-electron chi connectivity index (χ2n) is 7.02. The highest BCUT2D eigenvalue weighted by molar-refractivity contribution is 6.07. The Balaban J connectivity index is 2.14. The number of nitro groups is 1. The van der Waals surface area contributed by atoms with Crippen molar-refractivity contribution in [3.63, 3.8) is 0 Å². The van der Waals surface area contributed by atoms with Gasteiger partial charge in [0.2, 0.25) is 5.91 Å². The first-order valence-corrected chi connectivity index (χ1v) is 9.14. The summed E-state index contributed by atoms with van der Waals surface area (Å²) in [5.41, 5.74) is -0.284. The molecule has 31 heavy (non-hydrogen) atoms. The molecule has 8 nitrogen and oxygen atoms in total. The number of rotatable bonds is 8. The van der Waals surface area contributed by atoms with Crippen LogP contribution in [0.3, 0.4) is 0 Å². The van der Waals surface area contributed by atoms with Crippen molar-refractivity contribution in [2.24, 2.45) is 5.92 Å². The molecule has 0 fully saturated rings. The smallest absolute Gasteiger partial charge is 0.422 e. The minimum Gasteiger partial charge on any atom is -0.484 e. The second-order valence-corrected chi connectivity index (χ2v) is 7.02. The number of carbonyl (C=O) groups is 2. The first-order valence-electron chi connectivity index (χ1n) is 9.14. The van der Waals surface area contributed by atoms with E-state index in [0.29, 0.717) is 12.1 Å². The number of benzene rings is 2. The van der Waals surface area contributed by atoms with Crippen LogP contribution in [0.2, 0.25) is 0 Å². The topological polar surface area (TPSA) is 111 Å². The van der Waals surface area contributed by atoms with Crippen LogP contribution in [-0.4, -0.2) is 29.5 Å². The Morgan fingerprint density at radius 2 is 1.65 bits per heavy atom. The summed E-state index contributed by atoms with van der Waals surface area (Å²) in [6.45, 7) is 2.21. The highest BCUT2D eigenvalue weighted by atomic mass is 19.4. The summed E-state index contributed by atoms with van der Waals surface area (Å²) in [6, 6.07) is 8.76. The van der Waals surface area contributed by atoms with Crippen LogP contribution < -0.4 is 15.4 Å². The van der Waals surface area contributed by atoms with Gasteiger partial charge in [-0.05, 0) is 42.3 Å². The molecule has 166 valence electrons. The molecule has 2 aromatic carbocycles. The summed E-state index contributed by atoms with van der Waals surface area (Å²) in [6.07, 6.45) is -4.26. The van der Waals surface area contributed by atoms with E-state index in [-0.39, 0.29) is 23.3 Å². The van der Waals surface area contributed by atoms with Crippen LogP contribution in [0, 0.1) is 16.0 Å². The number of amides is 2. The summed E-state index contributed by atoms with van der Waals surface area (Å²) in [7, 11) is 0. The van der Waals surface area contributed by atoms with Crippen LogP contribution in [0.15, 0.2) is 42.5 Å².